The van der Waals surface area contributed by atoms with E-state index in [-0.39, 0.29) is 17.9 Å². The van der Waals surface area contributed by atoms with E-state index in [0.717, 1.165) is 11.1 Å². The van der Waals surface area contributed by atoms with Gasteiger partial charge in [0.05, 0.1) is 0 Å². The van der Waals surface area contributed by atoms with Crippen molar-refractivity contribution in [1.29, 1.82) is 0 Å². The minimum atomic E-state index is -1.04. The Morgan fingerprint density at radius 3 is 2.55 bits per heavy atom. The topological polar surface area (TPSA) is 66.8 Å². The number of aliphatic hydroxyl groups excluding tert-OH is 1. The molecule has 0 bridgehead atoms. The Labute approximate surface area is 117 Å². The van der Waals surface area contributed by atoms with Crippen LogP contribution in [0.5, 0.6) is 5.75 Å². The van der Waals surface area contributed by atoms with Crippen LogP contribution in [0.2, 0.25) is 0 Å². The number of benzene rings is 2. The molecule has 2 aromatic rings. The number of aryl methyl sites for hydroxylation is 1. The summed E-state index contributed by atoms with van der Waals surface area (Å²) in [6, 6.07) is 14.0. The number of hydrogen-bond acceptors (Lipinski definition) is 3. The third-order valence-electron chi connectivity index (χ3n) is 2.95. The van der Waals surface area contributed by atoms with Gasteiger partial charge in [0.25, 0.3) is 0 Å². The number of rotatable bonds is 5. The lowest BCUT2D eigenvalue weighted by Crippen LogP contribution is -2.11. The van der Waals surface area contributed by atoms with Gasteiger partial charge in [-0.2, -0.15) is 0 Å². The van der Waals surface area contributed by atoms with Gasteiger partial charge in [0.2, 0.25) is 0 Å². The van der Waals surface area contributed by atoms with Crippen LogP contribution in [-0.2, 0) is 0 Å². The molecule has 0 heterocycles. The van der Waals surface area contributed by atoms with Gasteiger partial charge in [-0.15, -0.1) is 0 Å². The Kier molecular flexibility index (Phi) is 4.38. The molecule has 104 valence electrons. The molecule has 0 aliphatic rings. The van der Waals surface area contributed by atoms with E-state index in [1.54, 1.807) is 30.3 Å². The number of carboxylic acids is 1. The number of carbonyl (C=O) groups is 1. The molecule has 2 rings (SSSR count). The van der Waals surface area contributed by atoms with Crippen LogP contribution < -0.4 is 4.74 Å². The summed E-state index contributed by atoms with van der Waals surface area (Å²) in [4.78, 5) is 11.1. The standard InChI is InChI=1S/C16H16O4/c1-11-7-8-15(13(9-11)16(18)19)20-10-14(17)12-5-3-2-4-6-12/h2-9,14,17H,10H2,1H3,(H,18,19). The summed E-state index contributed by atoms with van der Waals surface area (Å²) in [7, 11) is 0. The number of aromatic carboxylic acids is 1. The van der Waals surface area contributed by atoms with Crippen molar-refractivity contribution in [2.24, 2.45) is 0 Å². The van der Waals surface area contributed by atoms with Crippen molar-refractivity contribution in [3.8, 4) is 5.75 Å². The Hall–Kier alpha value is -2.33. The van der Waals surface area contributed by atoms with Crippen LogP contribution in [0, 0.1) is 6.92 Å². The van der Waals surface area contributed by atoms with E-state index in [4.69, 9.17) is 9.84 Å². The fourth-order valence-electron chi connectivity index (χ4n) is 1.88. The molecule has 0 fully saturated rings. The largest absolute Gasteiger partial charge is 0.490 e. The molecule has 0 aromatic heterocycles. The van der Waals surface area contributed by atoms with Crippen LogP contribution in [0.25, 0.3) is 0 Å². The monoisotopic (exact) mass is 272 g/mol. The fourth-order valence-corrected chi connectivity index (χ4v) is 1.88. The SMILES string of the molecule is Cc1ccc(OCC(O)c2ccccc2)c(C(=O)O)c1. The average Bonchev–Trinajstić information content (AvgIpc) is 2.46. The van der Waals surface area contributed by atoms with E-state index in [1.165, 1.54) is 0 Å². The van der Waals surface area contributed by atoms with Gasteiger partial charge in [0.15, 0.2) is 0 Å². The molecule has 2 N–H and O–H groups in total. The third kappa shape index (κ3) is 3.36. The summed E-state index contributed by atoms with van der Waals surface area (Å²) < 4.78 is 5.44. The maximum absolute atomic E-state index is 11.1. The Balaban J connectivity index is 2.09. The van der Waals surface area contributed by atoms with E-state index in [1.807, 2.05) is 25.1 Å². The van der Waals surface area contributed by atoms with Gasteiger partial charge in [-0.1, -0.05) is 42.0 Å². The van der Waals surface area contributed by atoms with Crippen molar-refractivity contribution in [1.82, 2.24) is 0 Å². The van der Waals surface area contributed by atoms with Crippen LogP contribution in [0.4, 0.5) is 0 Å². The van der Waals surface area contributed by atoms with Crippen molar-refractivity contribution in [3.05, 3.63) is 65.2 Å². The lowest BCUT2D eigenvalue weighted by Gasteiger charge is -2.14. The van der Waals surface area contributed by atoms with E-state index < -0.39 is 12.1 Å². The quantitative estimate of drug-likeness (QED) is 0.878. The average molecular weight is 272 g/mol. The lowest BCUT2D eigenvalue weighted by atomic mass is 10.1. The highest BCUT2D eigenvalue weighted by atomic mass is 16.5. The molecule has 2 aromatic carbocycles. The van der Waals surface area contributed by atoms with Crippen LogP contribution in [0.3, 0.4) is 0 Å². The summed E-state index contributed by atoms with van der Waals surface area (Å²) >= 11 is 0. The zero-order valence-corrected chi connectivity index (χ0v) is 11.1. The van der Waals surface area contributed by atoms with Gasteiger partial charge >= 0.3 is 5.97 Å². The fraction of sp³-hybridized carbons (Fsp3) is 0.188. The first-order valence-corrected chi connectivity index (χ1v) is 6.27. The summed E-state index contributed by atoms with van der Waals surface area (Å²) in [6.07, 6.45) is -0.792. The van der Waals surface area contributed by atoms with E-state index >= 15 is 0 Å². The number of ether oxygens (including phenoxy) is 1. The van der Waals surface area contributed by atoms with E-state index in [0.29, 0.717) is 0 Å². The van der Waals surface area contributed by atoms with Crippen LogP contribution >= 0.6 is 0 Å². The maximum Gasteiger partial charge on any atom is 0.339 e. The molecule has 20 heavy (non-hydrogen) atoms. The molecule has 4 nitrogen and oxygen atoms in total. The molecular formula is C16H16O4. The number of carboxylic acid groups (broad SMARTS) is 1. The van der Waals surface area contributed by atoms with Gasteiger partial charge in [-0.25, -0.2) is 4.79 Å². The summed E-state index contributed by atoms with van der Waals surface area (Å²) in [6.45, 7) is 1.82. The first-order valence-electron chi connectivity index (χ1n) is 6.27. The lowest BCUT2D eigenvalue weighted by molar-refractivity contribution is 0.0683. The summed E-state index contributed by atoms with van der Waals surface area (Å²) in [5.41, 5.74) is 1.68. The highest BCUT2D eigenvalue weighted by molar-refractivity contribution is 5.91. The van der Waals surface area contributed by atoms with Gasteiger partial charge in [-0.05, 0) is 24.6 Å². The van der Waals surface area contributed by atoms with E-state index in [2.05, 4.69) is 0 Å². The second-order valence-electron chi connectivity index (χ2n) is 4.54. The molecule has 0 aliphatic heterocycles. The normalized spacial score (nSPS) is 11.9. The van der Waals surface area contributed by atoms with Crippen molar-refractivity contribution in [2.45, 2.75) is 13.0 Å². The predicted molar refractivity (Wildman–Crippen MR) is 75.0 cm³/mol. The molecule has 0 aliphatic carbocycles. The second-order valence-corrected chi connectivity index (χ2v) is 4.54. The Bertz CT molecular complexity index is 593. The van der Waals surface area contributed by atoms with Crippen molar-refractivity contribution in [2.75, 3.05) is 6.61 Å². The Morgan fingerprint density at radius 2 is 1.90 bits per heavy atom. The zero-order chi connectivity index (χ0) is 14.5. The molecule has 0 radical (unpaired) electrons. The molecule has 0 saturated heterocycles. The van der Waals surface area contributed by atoms with Crippen LogP contribution in [0.1, 0.15) is 27.6 Å². The molecule has 0 spiro atoms. The molecule has 0 saturated carbocycles. The summed E-state index contributed by atoms with van der Waals surface area (Å²) in [5.74, 6) is -0.781. The second kappa shape index (κ2) is 6.21. The zero-order valence-electron chi connectivity index (χ0n) is 11.1. The molecular weight excluding hydrogens is 256 g/mol. The molecule has 1 atom stereocenters. The highest BCUT2D eigenvalue weighted by Gasteiger charge is 2.14. The smallest absolute Gasteiger partial charge is 0.339 e. The first kappa shape index (κ1) is 14.1. The molecule has 1 unspecified atom stereocenters. The first-order chi connectivity index (χ1) is 9.58. The number of hydrogen-bond donors (Lipinski definition) is 2. The molecule has 0 amide bonds. The summed E-state index contributed by atoms with van der Waals surface area (Å²) in [5, 5.41) is 19.1. The van der Waals surface area contributed by atoms with E-state index in [9.17, 15) is 9.90 Å². The minimum Gasteiger partial charge on any atom is -0.490 e. The van der Waals surface area contributed by atoms with Gasteiger partial charge < -0.3 is 14.9 Å². The minimum absolute atomic E-state index is 0.00730. The van der Waals surface area contributed by atoms with Crippen LogP contribution in [0.15, 0.2) is 48.5 Å². The van der Waals surface area contributed by atoms with Crippen molar-refractivity contribution in [3.63, 3.8) is 0 Å². The van der Waals surface area contributed by atoms with Crippen molar-refractivity contribution < 1.29 is 19.7 Å². The van der Waals surface area contributed by atoms with Crippen LogP contribution in [-0.4, -0.2) is 22.8 Å². The third-order valence-corrected chi connectivity index (χ3v) is 2.95. The Morgan fingerprint density at radius 1 is 1.20 bits per heavy atom. The van der Waals surface area contributed by atoms with Crippen molar-refractivity contribution >= 4 is 5.97 Å². The maximum atomic E-state index is 11.1. The highest BCUT2D eigenvalue weighted by Crippen LogP contribution is 2.22. The molecule has 4 heteroatoms. The van der Waals surface area contributed by atoms with Gasteiger partial charge in [0, 0.05) is 0 Å². The number of aliphatic hydroxyl groups is 1. The van der Waals surface area contributed by atoms with Gasteiger partial charge in [0.1, 0.15) is 24.0 Å². The predicted octanol–water partition coefficient (Wildman–Crippen LogP) is 2.81. The van der Waals surface area contributed by atoms with Gasteiger partial charge in [-0.3, -0.25) is 0 Å².